The van der Waals surface area contributed by atoms with Crippen LogP contribution in [0.5, 0.6) is 0 Å². The summed E-state index contributed by atoms with van der Waals surface area (Å²) in [5.74, 6) is 0.205. The first-order valence-electron chi connectivity index (χ1n) is 6.89. The molecule has 20 heavy (non-hydrogen) atoms. The molecule has 0 saturated heterocycles. The number of hydrogen-bond donors (Lipinski definition) is 1. The summed E-state index contributed by atoms with van der Waals surface area (Å²) >= 11 is 0. The number of benzene rings is 1. The van der Waals surface area contributed by atoms with Crippen molar-refractivity contribution in [1.82, 2.24) is 15.2 Å². The van der Waals surface area contributed by atoms with Crippen LogP contribution in [-0.2, 0) is 12.8 Å². The maximum Gasteiger partial charge on any atom is 0.243 e. The number of aryl methyl sites for hydroxylation is 2. The zero-order chi connectivity index (χ0) is 14.5. The van der Waals surface area contributed by atoms with Crippen molar-refractivity contribution in [2.24, 2.45) is 0 Å². The molecule has 1 unspecified atom stereocenters. The van der Waals surface area contributed by atoms with Crippen molar-refractivity contribution in [1.29, 1.82) is 0 Å². The number of hydrogen-bond acceptors (Lipinski definition) is 4. The van der Waals surface area contributed by atoms with Gasteiger partial charge >= 0.3 is 0 Å². The summed E-state index contributed by atoms with van der Waals surface area (Å²) in [4.78, 5) is 4.45. The number of anilines is 1. The van der Waals surface area contributed by atoms with Gasteiger partial charge < -0.3 is 5.32 Å². The number of aromatic nitrogens is 3. The average molecular weight is 274 g/mol. The fraction of sp³-hybridized carbons (Fsp3) is 0.400. The van der Waals surface area contributed by atoms with Gasteiger partial charge in [0.15, 0.2) is 0 Å². The molecule has 0 spiro atoms. The smallest absolute Gasteiger partial charge is 0.243 e. The summed E-state index contributed by atoms with van der Waals surface area (Å²) in [7, 11) is 0. The van der Waals surface area contributed by atoms with Gasteiger partial charge in [-0.15, -0.1) is 5.10 Å². The summed E-state index contributed by atoms with van der Waals surface area (Å²) < 4.78 is 13.7. The van der Waals surface area contributed by atoms with E-state index in [9.17, 15) is 4.39 Å². The van der Waals surface area contributed by atoms with Crippen LogP contribution in [0.3, 0.4) is 0 Å². The Morgan fingerprint density at radius 3 is 2.45 bits per heavy atom. The van der Waals surface area contributed by atoms with Crippen molar-refractivity contribution in [2.75, 3.05) is 5.32 Å². The zero-order valence-electron chi connectivity index (χ0n) is 12.0. The van der Waals surface area contributed by atoms with Gasteiger partial charge in [-0.2, -0.15) is 5.10 Å². The van der Waals surface area contributed by atoms with Crippen molar-refractivity contribution in [2.45, 2.75) is 39.7 Å². The second-order valence-electron chi connectivity index (χ2n) is 4.62. The van der Waals surface area contributed by atoms with Gasteiger partial charge in [0.25, 0.3) is 0 Å². The Morgan fingerprint density at radius 1 is 1.10 bits per heavy atom. The minimum Gasteiger partial charge on any atom is -0.346 e. The van der Waals surface area contributed by atoms with Crippen LogP contribution in [0.25, 0.3) is 0 Å². The fourth-order valence-corrected chi connectivity index (χ4v) is 2.10. The second kappa shape index (κ2) is 6.41. The molecule has 0 fully saturated rings. The highest BCUT2D eigenvalue weighted by Gasteiger charge is 2.13. The minimum atomic E-state index is -0.235. The largest absolute Gasteiger partial charge is 0.346 e. The minimum absolute atomic E-state index is 0.213. The van der Waals surface area contributed by atoms with Gasteiger partial charge in [0, 0.05) is 5.56 Å². The van der Waals surface area contributed by atoms with Gasteiger partial charge in [-0.3, -0.25) is 0 Å². The monoisotopic (exact) mass is 274 g/mol. The molecule has 0 saturated carbocycles. The van der Waals surface area contributed by atoms with Crippen molar-refractivity contribution < 1.29 is 4.39 Å². The van der Waals surface area contributed by atoms with E-state index >= 15 is 0 Å². The lowest BCUT2D eigenvalue weighted by Gasteiger charge is -2.15. The molecule has 0 amide bonds. The number of nitrogens with zero attached hydrogens (tertiary/aromatic N) is 3. The van der Waals surface area contributed by atoms with Crippen LogP contribution in [0.15, 0.2) is 24.3 Å². The zero-order valence-corrected chi connectivity index (χ0v) is 12.0. The molecule has 0 aliphatic rings. The summed E-state index contributed by atoms with van der Waals surface area (Å²) in [6.07, 6.45) is 1.62. The quantitative estimate of drug-likeness (QED) is 0.908. The molecule has 0 aliphatic carbocycles. The normalized spacial score (nSPS) is 12.2. The van der Waals surface area contributed by atoms with Gasteiger partial charge in [0.2, 0.25) is 5.95 Å². The molecule has 2 rings (SSSR count). The Bertz CT molecular complexity index is 586. The van der Waals surface area contributed by atoms with Crippen LogP contribution in [0.1, 0.15) is 43.8 Å². The Morgan fingerprint density at radius 2 is 1.80 bits per heavy atom. The van der Waals surface area contributed by atoms with Crippen LogP contribution in [0.2, 0.25) is 0 Å². The van der Waals surface area contributed by atoms with E-state index in [1.54, 1.807) is 12.1 Å². The van der Waals surface area contributed by atoms with Gasteiger partial charge in [-0.25, -0.2) is 9.37 Å². The molecule has 5 heteroatoms. The van der Waals surface area contributed by atoms with Crippen molar-refractivity contribution in [3.05, 3.63) is 47.0 Å². The van der Waals surface area contributed by atoms with E-state index in [0.717, 1.165) is 24.2 Å². The Hall–Kier alpha value is -2.04. The van der Waals surface area contributed by atoms with Crippen LogP contribution in [0, 0.1) is 5.82 Å². The number of halogens is 1. The molecular formula is C15H19FN4. The maximum atomic E-state index is 13.7. The third-order valence-corrected chi connectivity index (χ3v) is 3.23. The lowest BCUT2D eigenvalue weighted by Crippen LogP contribution is -2.13. The van der Waals surface area contributed by atoms with Crippen molar-refractivity contribution >= 4 is 5.95 Å². The van der Waals surface area contributed by atoms with E-state index in [1.807, 2.05) is 26.8 Å². The topological polar surface area (TPSA) is 50.7 Å². The SMILES string of the molecule is CCc1nnc(NC(C)c2ccccc2F)nc1CC. The summed E-state index contributed by atoms with van der Waals surface area (Å²) in [6, 6.07) is 6.48. The molecule has 1 aromatic heterocycles. The third-order valence-electron chi connectivity index (χ3n) is 3.23. The van der Waals surface area contributed by atoms with Gasteiger partial charge in [0.05, 0.1) is 17.4 Å². The van der Waals surface area contributed by atoms with Gasteiger partial charge in [0.1, 0.15) is 5.82 Å². The first-order valence-corrected chi connectivity index (χ1v) is 6.89. The molecule has 4 nitrogen and oxygen atoms in total. The van der Waals surface area contributed by atoms with Crippen LogP contribution >= 0.6 is 0 Å². The van der Waals surface area contributed by atoms with E-state index in [4.69, 9.17) is 0 Å². The standard InChI is InChI=1S/C15H19FN4/c1-4-13-14(5-2)19-20-15(18-13)17-10(3)11-8-6-7-9-12(11)16/h6-10H,4-5H2,1-3H3,(H,17,18,20). The third kappa shape index (κ3) is 3.10. The molecule has 1 aromatic carbocycles. The van der Waals surface area contributed by atoms with E-state index in [1.165, 1.54) is 6.07 Å². The van der Waals surface area contributed by atoms with Gasteiger partial charge in [-0.05, 0) is 25.8 Å². The van der Waals surface area contributed by atoms with Crippen molar-refractivity contribution in [3.8, 4) is 0 Å². The lowest BCUT2D eigenvalue weighted by molar-refractivity contribution is 0.599. The summed E-state index contributed by atoms with van der Waals surface area (Å²) in [5.41, 5.74) is 2.44. The maximum absolute atomic E-state index is 13.7. The molecule has 1 heterocycles. The van der Waals surface area contributed by atoms with Crippen LogP contribution in [-0.4, -0.2) is 15.2 Å². The summed E-state index contributed by atoms with van der Waals surface area (Å²) in [6.45, 7) is 5.94. The first kappa shape index (κ1) is 14.4. The molecule has 106 valence electrons. The molecule has 0 aliphatic heterocycles. The number of nitrogens with one attached hydrogen (secondary N) is 1. The highest BCUT2D eigenvalue weighted by molar-refractivity contribution is 5.32. The highest BCUT2D eigenvalue weighted by Crippen LogP contribution is 2.19. The van der Waals surface area contributed by atoms with E-state index in [-0.39, 0.29) is 11.9 Å². The van der Waals surface area contributed by atoms with Crippen molar-refractivity contribution in [3.63, 3.8) is 0 Å². The predicted molar refractivity (Wildman–Crippen MR) is 77.0 cm³/mol. The Kier molecular flexibility index (Phi) is 4.61. The lowest BCUT2D eigenvalue weighted by atomic mass is 10.1. The van der Waals surface area contributed by atoms with E-state index in [0.29, 0.717) is 11.5 Å². The van der Waals surface area contributed by atoms with Gasteiger partial charge in [-0.1, -0.05) is 32.0 Å². The Balaban J connectivity index is 2.20. The van der Waals surface area contributed by atoms with Crippen LogP contribution in [0.4, 0.5) is 10.3 Å². The second-order valence-corrected chi connectivity index (χ2v) is 4.62. The fourth-order valence-electron chi connectivity index (χ4n) is 2.10. The Labute approximate surface area is 118 Å². The number of rotatable bonds is 5. The molecule has 1 N–H and O–H groups in total. The molecule has 0 radical (unpaired) electrons. The van der Waals surface area contributed by atoms with Crippen LogP contribution < -0.4 is 5.32 Å². The molecule has 1 atom stereocenters. The summed E-state index contributed by atoms with van der Waals surface area (Å²) in [5, 5.41) is 11.3. The molecular weight excluding hydrogens is 255 g/mol. The molecule has 2 aromatic rings. The predicted octanol–water partition coefficient (Wildman–Crippen LogP) is 3.31. The first-order chi connectivity index (χ1) is 9.65. The average Bonchev–Trinajstić information content (AvgIpc) is 2.47. The highest BCUT2D eigenvalue weighted by atomic mass is 19.1. The van der Waals surface area contributed by atoms with E-state index < -0.39 is 0 Å². The van der Waals surface area contributed by atoms with E-state index in [2.05, 4.69) is 20.5 Å². The molecule has 0 bridgehead atoms.